The molecule has 0 heterocycles. The number of allylic oxidation sites excluding steroid dienone is 2. The van der Waals surface area contributed by atoms with Crippen molar-refractivity contribution in [2.24, 2.45) is 17.8 Å². The van der Waals surface area contributed by atoms with Crippen LogP contribution < -0.4 is 10.6 Å². The molecule has 2 saturated carbocycles. The van der Waals surface area contributed by atoms with Gasteiger partial charge < -0.3 is 10.6 Å². The van der Waals surface area contributed by atoms with Crippen molar-refractivity contribution in [2.75, 3.05) is 6.54 Å². The Balaban J connectivity index is 1.37. The minimum atomic E-state index is 0.0497. The van der Waals surface area contributed by atoms with Crippen LogP contribution in [0.25, 0.3) is 0 Å². The van der Waals surface area contributed by atoms with Crippen molar-refractivity contribution in [3.05, 3.63) is 12.2 Å². The zero-order valence-electron chi connectivity index (χ0n) is 11.0. The molecule has 3 rings (SSSR count). The van der Waals surface area contributed by atoms with Crippen molar-refractivity contribution in [2.45, 2.75) is 51.0 Å². The third-order valence-corrected chi connectivity index (χ3v) is 4.88. The Bertz CT molecular complexity index is 333. The Morgan fingerprint density at radius 1 is 1.11 bits per heavy atom. The summed E-state index contributed by atoms with van der Waals surface area (Å²) in [6.07, 6.45) is 13.5. The summed E-state index contributed by atoms with van der Waals surface area (Å²) in [4.78, 5) is 11.8. The van der Waals surface area contributed by atoms with Gasteiger partial charge in [0.1, 0.15) is 0 Å². The van der Waals surface area contributed by atoms with Gasteiger partial charge in [-0.05, 0) is 43.4 Å². The minimum Gasteiger partial charge on any atom is -0.338 e. The van der Waals surface area contributed by atoms with E-state index in [1.54, 1.807) is 0 Å². The first-order valence-electron chi connectivity index (χ1n) is 7.54. The van der Waals surface area contributed by atoms with Gasteiger partial charge in [0, 0.05) is 12.6 Å². The largest absolute Gasteiger partial charge is 0.338 e. The van der Waals surface area contributed by atoms with E-state index in [0.717, 1.165) is 31.2 Å². The lowest BCUT2D eigenvalue weighted by Crippen LogP contribution is -2.44. The minimum absolute atomic E-state index is 0.0497. The normalized spacial score (nSPS) is 34.8. The van der Waals surface area contributed by atoms with Crippen LogP contribution in [0.5, 0.6) is 0 Å². The van der Waals surface area contributed by atoms with Gasteiger partial charge in [-0.2, -0.15) is 0 Å². The lowest BCUT2D eigenvalue weighted by Gasteiger charge is -2.24. The maximum Gasteiger partial charge on any atom is 0.315 e. The molecule has 0 spiro atoms. The van der Waals surface area contributed by atoms with Crippen LogP contribution in [0.1, 0.15) is 44.9 Å². The van der Waals surface area contributed by atoms with Gasteiger partial charge in [0.15, 0.2) is 0 Å². The Kier molecular flexibility index (Phi) is 3.57. The van der Waals surface area contributed by atoms with Gasteiger partial charge in [-0.15, -0.1) is 0 Å². The van der Waals surface area contributed by atoms with E-state index in [-0.39, 0.29) is 6.03 Å². The number of urea groups is 1. The molecular formula is C15H24N2O. The smallest absolute Gasteiger partial charge is 0.315 e. The first-order valence-corrected chi connectivity index (χ1v) is 7.54. The van der Waals surface area contributed by atoms with Crippen LogP contribution in [-0.4, -0.2) is 18.6 Å². The fraction of sp³-hybridized carbons (Fsp3) is 0.800. The van der Waals surface area contributed by atoms with E-state index in [9.17, 15) is 4.79 Å². The fourth-order valence-electron chi connectivity index (χ4n) is 3.84. The molecule has 0 saturated heterocycles. The molecule has 100 valence electrons. The van der Waals surface area contributed by atoms with Crippen LogP contribution >= 0.6 is 0 Å². The molecule has 3 nitrogen and oxygen atoms in total. The quantitative estimate of drug-likeness (QED) is 0.741. The lowest BCUT2D eigenvalue weighted by atomic mass is 9.93. The summed E-state index contributed by atoms with van der Waals surface area (Å²) in [7, 11) is 0. The predicted octanol–water partition coefficient (Wildman–Crippen LogP) is 2.83. The summed E-state index contributed by atoms with van der Waals surface area (Å²) in [5.41, 5.74) is 0. The molecule has 0 aromatic rings. The van der Waals surface area contributed by atoms with E-state index in [1.165, 1.54) is 32.1 Å². The first kappa shape index (κ1) is 12.1. The zero-order valence-corrected chi connectivity index (χ0v) is 11.0. The number of rotatable bonds is 3. The zero-order chi connectivity index (χ0) is 12.4. The van der Waals surface area contributed by atoms with E-state index >= 15 is 0 Å². The van der Waals surface area contributed by atoms with E-state index in [1.807, 2.05) is 0 Å². The monoisotopic (exact) mass is 248 g/mol. The van der Waals surface area contributed by atoms with Gasteiger partial charge in [-0.3, -0.25) is 0 Å². The number of fused-ring (bicyclic) bond motifs is 2. The van der Waals surface area contributed by atoms with Gasteiger partial charge >= 0.3 is 6.03 Å². The molecule has 2 N–H and O–H groups in total. The van der Waals surface area contributed by atoms with Gasteiger partial charge in [0.2, 0.25) is 0 Å². The summed E-state index contributed by atoms with van der Waals surface area (Å²) in [6, 6.07) is 0.465. The number of carbonyl (C=O) groups excluding carboxylic acids is 1. The highest BCUT2D eigenvalue weighted by Crippen LogP contribution is 2.42. The molecule has 3 atom stereocenters. The third-order valence-electron chi connectivity index (χ3n) is 4.88. The highest BCUT2D eigenvalue weighted by molar-refractivity contribution is 5.74. The summed E-state index contributed by atoms with van der Waals surface area (Å²) in [5.74, 6) is 2.20. The van der Waals surface area contributed by atoms with Gasteiger partial charge in [0.05, 0.1) is 0 Å². The topological polar surface area (TPSA) is 41.1 Å². The summed E-state index contributed by atoms with van der Waals surface area (Å²) in [6.45, 7) is 0.851. The average Bonchev–Trinajstić information content (AvgIpc) is 3.00. The molecule has 0 radical (unpaired) electrons. The highest BCUT2D eigenvalue weighted by atomic mass is 16.2. The Labute approximate surface area is 109 Å². The average molecular weight is 248 g/mol. The molecular weight excluding hydrogens is 224 g/mol. The van der Waals surface area contributed by atoms with Crippen molar-refractivity contribution in [3.8, 4) is 0 Å². The van der Waals surface area contributed by atoms with E-state index in [0.29, 0.717) is 12.0 Å². The van der Waals surface area contributed by atoms with Gasteiger partial charge in [-0.1, -0.05) is 31.4 Å². The van der Waals surface area contributed by atoms with Crippen molar-refractivity contribution < 1.29 is 4.79 Å². The van der Waals surface area contributed by atoms with Crippen LogP contribution in [0.2, 0.25) is 0 Å². The Hall–Kier alpha value is -0.990. The molecule has 2 bridgehead atoms. The maximum atomic E-state index is 11.8. The third kappa shape index (κ3) is 2.70. The SMILES string of the molecule is O=C(NCC1CC2C=CC1C2)NC1CCCCC1. The Morgan fingerprint density at radius 2 is 1.94 bits per heavy atom. The van der Waals surface area contributed by atoms with Crippen LogP contribution in [0.15, 0.2) is 12.2 Å². The number of hydrogen-bond donors (Lipinski definition) is 2. The van der Waals surface area contributed by atoms with Crippen LogP contribution in [-0.2, 0) is 0 Å². The predicted molar refractivity (Wildman–Crippen MR) is 72.3 cm³/mol. The molecule has 2 fully saturated rings. The number of amides is 2. The van der Waals surface area contributed by atoms with Crippen molar-refractivity contribution >= 4 is 6.03 Å². The highest BCUT2D eigenvalue weighted by Gasteiger charge is 2.35. The molecule has 3 heteroatoms. The molecule has 3 aliphatic carbocycles. The number of carbonyl (C=O) groups is 1. The summed E-state index contributed by atoms with van der Waals surface area (Å²) in [5, 5.41) is 6.19. The first-order chi connectivity index (χ1) is 8.81. The van der Waals surface area contributed by atoms with Crippen LogP contribution in [0.4, 0.5) is 4.79 Å². The maximum absolute atomic E-state index is 11.8. The second kappa shape index (κ2) is 5.33. The second-order valence-corrected chi connectivity index (χ2v) is 6.23. The number of nitrogens with one attached hydrogen (secondary N) is 2. The van der Waals surface area contributed by atoms with Crippen molar-refractivity contribution in [1.82, 2.24) is 10.6 Å². The van der Waals surface area contributed by atoms with Gasteiger partial charge in [-0.25, -0.2) is 4.79 Å². The summed E-state index contributed by atoms with van der Waals surface area (Å²) >= 11 is 0. The molecule has 0 aromatic heterocycles. The van der Waals surface area contributed by atoms with Crippen LogP contribution in [0.3, 0.4) is 0 Å². The molecule has 2 amide bonds. The molecule has 18 heavy (non-hydrogen) atoms. The van der Waals surface area contributed by atoms with E-state index in [4.69, 9.17) is 0 Å². The summed E-state index contributed by atoms with van der Waals surface area (Å²) < 4.78 is 0. The van der Waals surface area contributed by atoms with Crippen LogP contribution in [0, 0.1) is 17.8 Å². The number of hydrogen-bond acceptors (Lipinski definition) is 1. The fourth-order valence-corrected chi connectivity index (χ4v) is 3.84. The van der Waals surface area contributed by atoms with Gasteiger partial charge in [0.25, 0.3) is 0 Å². The van der Waals surface area contributed by atoms with Crippen molar-refractivity contribution in [3.63, 3.8) is 0 Å². The standard InChI is InChI=1S/C15H24N2O/c18-15(17-14-4-2-1-3-5-14)16-10-13-9-11-6-7-12(13)8-11/h6-7,11-14H,1-5,8-10H2,(H2,16,17,18). The molecule has 0 aliphatic heterocycles. The molecule has 0 aromatic carbocycles. The second-order valence-electron chi connectivity index (χ2n) is 6.23. The van der Waals surface area contributed by atoms with Crippen molar-refractivity contribution in [1.29, 1.82) is 0 Å². The molecule has 3 unspecified atom stereocenters. The van der Waals surface area contributed by atoms with E-state index < -0.39 is 0 Å². The molecule has 3 aliphatic rings. The Morgan fingerprint density at radius 3 is 2.61 bits per heavy atom. The van der Waals surface area contributed by atoms with E-state index in [2.05, 4.69) is 22.8 Å². The lowest BCUT2D eigenvalue weighted by molar-refractivity contribution is 0.229.